The van der Waals surface area contributed by atoms with Crippen LogP contribution in [-0.4, -0.2) is 70.2 Å². The summed E-state index contributed by atoms with van der Waals surface area (Å²) in [6.07, 6.45) is -5.68. The Morgan fingerprint density at radius 2 is 1.91 bits per heavy atom. The Balaban J connectivity index is 1.74. The smallest absolute Gasteiger partial charge is 0.459 e. The van der Waals surface area contributed by atoms with Crippen molar-refractivity contribution >= 4 is 25.6 Å². The Morgan fingerprint density at radius 3 is 2.53 bits per heavy atom. The molecule has 0 radical (unpaired) electrons. The second kappa shape index (κ2) is 14.8. The van der Waals surface area contributed by atoms with E-state index in [0.29, 0.717) is 11.0 Å². The first-order valence-corrected chi connectivity index (χ1v) is 15.0. The number of para-hydroxylation sites is 1. The number of hydrogen-bond donors (Lipinski definition) is 3. The fraction of sp³-hybridized carbons (Fsp3) is 0.538. The van der Waals surface area contributed by atoms with Gasteiger partial charge in [0.15, 0.2) is 6.10 Å². The molecule has 1 aliphatic heterocycles. The van der Waals surface area contributed by atoms with E-state index in [2.05, 4.69) is 15.4 Å². The highest BCUT2D eigenvalue weighted by atomic mass is 31.2. The van der Waals surface area contributed by atoms with Gasteiger partial charge in [0.05, 0.1) is 19.3 Å². The first-order chi connectivity index (χ1) is 20.3. The van der Waals surface area contributed by atoms with Crippen LogP contribution in [0.4, 0.5) is 19.4 Å². The van der Waals surface area contributed by atoms with Gasteiger partial charge in [-0.3, -0.25) is 19.2 Å². The van der Waals surface area contributed by atoms with E-state index >= 15 is 8.78 Å². The molecule has 43 heavy (non-hydrogen) atoms. The van der Waals surface area contributed by atoms with Crippen LogP contribution < -0.4 is 20.6 Å². The molecule has 1 aliphatic rings. The van der Waals surface area contributed by atoms with E-state index < -0.39 is 68.6 Å². The largest absolute Gasteiger partial charge is 0.462 e. The third kappa shape index (κ3) is 9.28. The summed E-state index contributed by atoms with van der Waals surface area (Å²) >= 11 is 0. The zero-order valence-corrected chi connectivity index (χ0v) is 24.9. The van der Waals surface area contributed by atoms with Crippen LogP contribution in [-0.2, 0) is 28.1 Å². The molecule has 5 atom stereocenters. The quantitative estimate of drug-likeness (QED) is 0.157. The van der Waals surface area contributed by atoms with Crippen LogP contribution in [0.3, 0.4) is 0 Å². The number of aliphatic hydroxyl groups excluding tert-OH is 1. The van der Waals surface area contributed by atoms with Gasteiger partial charge in [0, 0.05) is 6.20 Å². The number of ether oxygens (including phenoxy) is 3. The van der Waals surface area contributed by atoms with Gasteiger partial charge in [0.1, 0.15) is 23.7 Å². The maximum absolute atomic E-state index is 15.1. The summed E-state index contributed by atoms with van der Waals surface area (Å²) in [5.74, 6) is -4.99. The molecular formula is C26H35F2N4O10P. The number of amides is 1. The van der Waals surface area contributed by atoms with Crippen molar-refractivity contribution in [1.29, 1.82) is 0 Å². The summed E-state index contributed by atoms with van der Waals surface area (Å²) in [5.41, 5.74) is -1.22. The van der Waals surface area contributed by atoms with Crippen LogP contribution in [0, 0.1) is 0 Å². The number of nitrogens with one attached hydrogen (secondary N) is 2. The van der Waals surface area contributed by atoms with E-state index in [1.54, 1.807) is 32.0 Å². The molecule has 17 heteroatoms. The average Bonchev–Trinajstić information content (AvgIpc) is 3.15. The van der Waals surface area contributed by atoms with E-state index in [4.69, 9.17) is 23.3 Å². The number of aliphatic hydroxyl groups is 1. The van der Waals surface area contributed by atoms with Gasteiger partial charge in [-0.15, -0.1) is 0 Å². The summed E-state index contributed by atoms with van der Waals surface area (Å²) in [7, 11) is -4.47. The fourth-order valence-corrected chi connectivity index (χ4v) is 5.22. The Labute approximate surface area is 246 Å². The molecule has 0 spiro atoms. The lowest BCUT2D eigenvalue weighted by molar-refractivity contribution is -0.149. The van der Waals surface area contributed by atoms with Gasteiger partial charge in [-0.05, 0) is 45.4 Å². The van der Waals surface area contributed by atoms with Gasteiger partial charge in [-0.1, -0.05) is 31.5 Å². The minimum absolute atomic E-state index is 0.0689. The van der Waals surface area contributed by atoms with Crippen LogP contribution in [0.2, 0.25) is 0 Å². The summed E-state index contributed by atoms with van der Waals surface area (Å²) in [6.45, 7) is 5.71. The third-order valence-electron chi connectivity index (χ3n) is 5.86. The topological polar surface area (TPSA) is 177 Å². The molecule has 1 fully saturated rings. The van der Waals surface area contributed by atoms with Crippen molar-refractivity contribution in [3.8, 4) is 5.75 Å². The lowest BCUT2D eigenvalue weighted by atomic mass is 10.1. The van der Waals surface area contributed by atoms with Crippen molar-refractivity contribution in [1.82, 2.24) is 14.6 Å². The molecule has 238 valence electrons. The van der Waals surface area contributed by atoms with Crippen LogP contribution in [0.1, 0.15) is 46.8 Å². The Hall–Kier alpha value is -3.43. The third-order valence-corrected chi connectivity index (χ3v) is 7.50. The van der Waals surface area contributed by atoms with Crippen molar-refractivity contribution in [2.75, 3.05) is 18.5 Å². The van der Waals surface area contributed by atoms with E-state index in [-0.39, 0.29) is 18.2 Å². The first kappa shape index (κ1) is 34.1. The molecule has 1 aromatic heterocycles. The van der Waals surface area contributed by atoms with Gasteiger partial charge < -0.3 is 23.8 Å². The Bertz CT molecular complexity index is 1350. The molecule has 0 bridgehead atoms. The highest BCUT2D eigenvalue weighted by Crippen LogP contribution is 2.48. The van der Waals surface area contributed by atoms with E-state index in [9.17, 15) is 24.1 Å². The molecule has 0 saturated carbocycles. The van der Waals surface area contributed by atoms with Crippen molar-refractivity contribution in [2.45, 2.75) is 77.0 Å². The zero-order valence-electron chi connectivity index (χ0n) is 24.0. The number of aromatic nitrogens is 2. The molecule has 1 amide bonds. The molecule has 2 aromatic rings. The lowest BCUT2D eigenvalue weighted by Gasteiger charge is -2.25. The van der Waals surface area contributed by atoms with Crippen molar-refractivity contribution < 1.29 is 51.3 Å². The SMILES string of the molecule is CCCCOC(=O)Nc1ccn([C@@H]2O[C@H](COP(=O)(N[C@H](C)C(=O)OC(C)C)Oc3ccccc3)[C@@H](O)C2(F)F)c(=O)n1. The number of anilines is 1. The van der Waals surface area contributed by atoms with Crippen LogP contribution >= 0.6 is 7.75 Å². The molecule has 3 rings (SSSR count). The maximum atomic E-state index is 15.1. The molecule has 1 unspecified atom stereocenters. The highest BCUT2D eigenvalue weighted by molar-refractivity contribution is 7.52. The summed E-state index contributed by atoms with van der Waals surface area (Å²) in [6, 6.07) is 7.58. The lowest BCUT2D eigenvalue weighted by Crippen LogP contribution is -2.42. The number of carbonyl (C=O) groups excluding carboxylic acids is 2. The van der Waals surface area contributed by atoms with Crippen molar-refractivity contribution in [3.05, 3.63) is 53.1 Å². The van der Waals surface area contributed by atoms with Gasteiger partial charge in [-0.2, -0.15) is 18.9 Å². The average molecular weight is 633 g/mol. The molecule has 1 aromatic carbocycles. The normalized spacial score (nSPS) is 21.5. The molecule has 0 aliphatic carbocycles. The minimum atomic E-state index is -4.47. The van der Waals surface area contributed by atoms with Crippen LogP contribution in [0.15, 0.2) is 47.4 Å². The molecule has 14 nitrogen and oxygen atoms in total. The zero-order chi connectivity index (χ0) is 31.8. The van der Waals surface area contributed by atoms with E-state index in [0.717, 1.165) is 18.7 Å². The summed E-state index contributed by atoms with van der Waals surface area (Å²) < 4.78 is 70.4. The number of benzene rings is 1. The predicted octanol–water partition coefficient (Wildman–Crippen LogP) is 3.62. The predicted molar refractivity (Wildman–Crippen MR) is 148 cm³/mol. The van der Waals surface area contributed by atoms with E-state index in [1.165, 1.54) is 19.1 Å². The van der Waals surface area contributed by atoms with Gasteiger partial charge in [0.25, 0.3) is 0 Å². The second-order valence-corrected chi connectivity index (χ2v) is 11.5. The number of nitrogens with zero attached hydrogens (tertiary/aromatic N) is 2. The van der Waals surface area contributed by atoms with Crippen LogP contribution in [0.5, 0.6) is 5.75 Å². The van der Waals surface area contributed by atoms with Gasteiger partial charge in [0.2, 0.25) is 6.23 Å². The number of halogens is 2. The molecule has 2 heterocycles. The number of unbranched alkanes of at least 4 members (excludes halogenated alkanes) is 1. The standard InChI is InChI=1S/C26H35F2N4O10P/c1-5-6-14-38-25(36)30-20-12-13-32(24(35)29-20)23-26(27,28)21(33)19(41-23)15-39-43(37,42-18-10-8-7-9-11-18)31-17(4)22(34)40-16(2)3/h7-13,16-17,19,21,23,33H,5-6,14-15H2,1-4H3,(H,31,37)(H,29,30,35,36)/t17-,19-,21-,23-,43?/m1/s1. The molecular weight excluding hydrogens is 597 g/mol. The van der Waals surface area contributed by atoms with Gasteiger partial charge >= 0.3 is 31.4 Å². The fourth-order valence-electron chi connectivity index (χ4n) is 3.72. The summed E-state index contributed by atoms with van der Waals surface area (Å²) in [4.78, 5) is 40.2. The Kier molecular flexibility index (Phi) is 11.8. The second-order valence-electron chi connectivity index (χ2n) is 9.80. The number of rotatable bonds is 14. The minimum Gasteiger partial charge on any atom is -0.462 e. The molecule has 3 N–H and O–H groups in total. The Morgan fingerprint density at radius 1 is 1.21 bits per heavy atom. The molecule has 1 saturated heterocycles. The number of esters is 1. The monoisotopic (exact) mass is 632 g/mol. The number of carbonyl (C=O) groups is 2. The first-order valence-electron chi connectivity index (χ1n) is 13.5. The maximum Gasteiger partial charge on any atom is 0.459 e. The number of hydrogen-bond acceptors (Lipinski definition) is 11. The van der Waals surface area contributed by atoms with E-state index in [1.807, 2.05) is 6.92 Å². The van der Waals surface area contributed by atoms with Crippen molar-refractivity contribution in [3.63, 3.8) is 0 Å². The van der Waals surface area contributed by atoms with Gasteiger partial charge in [-0.25, -0.2) is 14.2 Å². The number of alkyl halides is 2. The summed E-state index contributed by atoms with van der Waals surface area (Å²) in [5, 5.41) is 15.0. The highest BCUT2D eigenvalue weighted by Gasteiger charge is 2.60. The van der Waals surface area contributed by atoms with Crippen molar-refractivity contribution in [2.24, 2.45) is 0 Å². The van der Waals surface area contributed by atoms with Crippen LogP contribution in [0.25, 0.3) is 0 Å².